The van der Waals surface area contributed by atoms with Gasteiger partial charge in [-0.25, -0.2) is 0 Å². The van der Waals surface area contributed by atoms with E-state index in [1.165, 1.54) is 0 Å². The average molecular weight is 334 g/mol. The summed E-state index contributed by atoms with van der Waals surface area (Å²) in [6, 6.07) is 17.7. The van der Waals surface area contributed by atoms with Crippen molar-refractivity contribution in [3.05, 3.63) is 71.9 Å². The van der Waals surface area contributed by atoms with Gasteiger partial charge in [-0.05, 0) is 25.0 Å². The fourth-order valence-electron chi connectivity index (χ4n) is 2.98. The normalized spacial score (nSPS) is 10.8. The Hall–Kier alpha value is -2.88. The van der Waals surface area contributed by atoms with Gasteiger partial charge in [0.1, 0.15) is 5.78 Å². The summed E-state index contributed by atoms with van der Waals surface area (Å²) in [6.45, 7) is 2.84. The number of amides is 1. The topological polar surface area (TPSA) is 51.1 Å². The minimum absolute atomic E-state index is 0.0784. The third-order valence-corrected chi connectivity index (χ3v) is 4.26. The molecule has 0 aliphatic rings. The predicted octanol–water partition coefficient (Wildman–Crippen LogP) is 3.94. The number of aryl methyl sites for hydroxylation is 1. The Balaban J connectivity index is 1.78. The van der Waals surface area contributed by atoms with Crippen molar-refractivity contribution in [1.82, 2.24) is 9.88 Å². The highest BCUT2D eigenvalue weighted by molar-refractivity contribution is 6.07. The zero-order valence-corrected chi connectivity index (χ0v) is 14.4. The van der Waals surface area contributed by atoms with Crippen LogP contribution in [0.15, 0.2) is 60.8 Å². The first kappa shape index (κ1) is 17.0. The number of nitrogens with one attached hydrogen (secondary N) is 1. The Labute approximate surface area is 147 Å². The molecule has 2 aromatic carbocycles. The predicted molar refractivity (Wildman–Crippen MR) is 99.5 cm³/mol. The highest BCUT2D eigenvalue weighted by atomic mass is 16.1. The summed E-state index contributed by atoms with van der Waals surface area (Å²) in [7, 11) is 0. The zero-order chi connectivity index (χ0) is 17.6. The van der Waals surface area contributed by atoms with E-state index in [2.05, 4.69) is 9.88 Å². The minimum atomic E-state index is -0.0784. The first-order valence-corrected chi connectivity index (χ1v) is 8.54. The van der Waals surface area contributed by atoms with Gasteiger partial charge in [-0.1, -0.05) is 48.5 Å². The van der Waals surface area contributed by atoms with E-state index in [4.69, 9.17) is 0 Å². The van der Waals surface area contributed by atoms with E-state index in [1.807, 2.05) is 60.8 Å². The Kier molecular flexibility index (Phi) is 5.29. The smallest absolute Gasteiger partial charge is 0.253 e. The average Bonchev–Trinajstić information content (AvgIpc) is 2.99. The van der Waals surface area contributed by atoms with Crippen LogP contribution >= 0.6 is 0 Å². The number of benzene rings is 2. The standard InChI is InChI=1S/C21H22N2O2/c1-16(24)8-7-13-23-15-19(18-11-5-6-12-20(18)23)21(25)22-14-17-9-3-2-4-10-17/h2-6,9-12,15H,7-8,13-14H2,1H3,(H,22,25). The second-order valence-corrected chi connectivity index (χ2v) is 6.23. The number of carbonyl (C=O) groups excluding carboxylic acids is 2. The summed E-state index contributed by atoms with van der Waals surface area (Å²) in [4.78, 5) is 23.8. The molecule has 3 rings (SSSR count). The van der Waals surface area contributed by atoms with Crippen molar-refractivity contribution in [2.24, 2.45) is 0 Å². The SMILES string of the molecule is CC(=O)CCCn1cc(C(=O)NCc2ccccc2)c2ccccc21. The van der Waals surface area contributed by atoms with Crippen molar-refractivity contribution in [2.75, 3.05) is 0 Å². The second kappa shape index (κ2) is 7.79. The fourth-order valence-corrected chi connectivity index (χ4v) is 2.98. The van der Waals surface area contributed by atoms with Crippen molar-refractivity contribution in [3.63, 3.8) is 0 Å². The lowest BCUT2D eigenvalue weighted by atomic mass is 10.1. The quantitative estimate of drug-likeness (QED) is 0.711. The molecule has 0 radical (unpaired) electrons. The van der Waals surface area contributed by atoms with E-state index >= 15 is 0 Å². The van der Waals surface area contributed by atoms with E-state index in [0.717, 1.165) is 29.4 Å². The maximum Gasteiger partial charge on any atom is 0.253 e. The highest BCUT2D eigenvalue weighted by Gasteiger charge is 2.14. The molecule has 1 amide bonds. The monoisotopic (exact) mass is 334 g/mol. The van der Waals surface area contributed by atoms with Crippen LogP contribution in [0.4, 0.5) is 0 Å². The molecule has 0 aliphatic carbocycles. The van der Waals surface area contributed by atoms with Crippen molar-refractivity contribution >= 4 is 22.6 Å². The molecule has 0 atom stereocenters. The Morgan fingerprint density at radius 2 is 1.72 bits per heavy atom. The summed E-state index contributed by atoms with van der Waals surface area (Å²) in [5.74, 6) is 0.114. The van der Waals surface area contributed by atoms with Crippen LogP contribution in [0, 0.1) is 0 Å². The Morgan fingerprint density at radius 3 is 2.48 bits per heavy atom. The van der Waals surface area contributed by atoms with Gasteiger partial charge in [0.2, 0.25) is 0 Å². The Morgan fingerprint density at radius 1 is 1.00 bits per heavy atom. The van der Waals surface area contributed by atoms with Crippen molar-refractivity contribution in [1.29, 1.82) is 0 Å². The molecule has 3 aromatic rings. The summed E-state index contributed by atoms with van der Waals surface area (Å²) in [6.07, 6.45) is 3.23. The van der Waals surface area contributed by atoms with Gasteiger partial charge in [-0.2, -0.15) is 0 Å². The van der Waals surface area contributed by atoms with Crippen molar-refractivity contribution < 1.29 is 9.59 Å². The first-order valence-electron chi connectivity index (χ1n) is 8.54. The summed E-state index contributed by atoms with van der Waals surface area (Å²) in [5.41, 5.74) is 2.77. The van der Waals surface area contributed by atoms with Crippen LogP contribution in [-0.2, 0) is 17.9 Å². The maximum absolute atomic E-state index is 12.6. The van der Waals surface area contributed by atoms with Crippen LogP contribution in [0.1, 0.15) is 35.7 Å². The van der Waals surface area contributed by atoms with E-state index in [1.54, 1.807) is 6.92 Å². The summed E-state index contributed by atoms with van der Waals surface area (Å²) in [5, 5.41) is 3.93. The molecule has 4 nitrogen and oxygen atoms in total. The summed E-state index contributed by atoms with van der Waals surface area (Å²) >= 11 is 0. The highest BCUT2D eigenvalue weighted by Crippen LogP contribution is 2.22. The molecular formula is C21H22N2O2. The molecule has 1 N–H and O–H groups in total. The molecule has 1 aromatic heterocycles. The van der Waals surface area contributed by atoms with Crippen LogP contribution in [-0.4, -0.2) is 16.3 Å². The van der Waals surface area contributed by atoms with Crippen molar-refractivity contribution in [3.8, 4) is 0 Å². The third kappa shape index (κ3) is 4.15. The summed E-state index contributed by atoms with van der Waals surface area (Å²) < 4.78 is 2.07. The molecule has 0 bridgehead atoms. The number of hydrogen-bond acceptors (Lipinski definition) is 2. The van der Waals surface area contributed by atoms with Crippen LogP contribution in [0.25, 0.3) is 10.9 Å². The van der Waals surface area contributed by atoms with Gasteiger partial charge in [-0.15, -0.1) is 0 Å². The van der Waals surface area contributed by atoms with Gasteiger partial charge in [0, 0.05) is 36.6 Å². The number of ketones is 1. The fraction of sp³-hybridized carbons (Fsp3) is 0.238. The number of para-hydroxylation sites is 1. The number of Topliss-reactive ketones (excluding diaryl/α,β-unsaturated/α-hetero) is 1. The molecular weight excluding hydrogens is 312 g/mol. The van der Waals surface area contributed by atoms with Crippen LogP contribution < -0.4 is 5.32 Å². The molecule has 0 spiro atoms. The first-order chi connectivity index (χ1) is 12.1. The number of nitrogens with zero attached hydrogens (tertiary/aromatic N) is 1. The molecule has 4 heteroatoms. The third-order valence-electron chi connectivity index (χ3n) is 4.26. The lowest BCUT2D eigenvalue weighted by Crippen LogP contribution is -2.22. The maximum atomic E-state index is 12.6. The van der Waals surface area contributed by atoms with Gasteiger partial charge < -0.3 is 14.7 Å². The van der Waals surface area contributed by atoms with E-state index < -0.39 is 0 Å². The molecule has 1 heterocycles. The number of carbonyl (C=O) groups is 2. The molecule has 0 unspecified atom stereocenters. The molecule has 0 saturated carbocycles. The number of fused-ring (bicyclic) bond motifs is 1. The van der Waals surface area contributed by atoms with Crippen LogP contribution in [0.5, 0.6) is 0 Å². The number of aromatic nitrogens is 1. The van der Waals surface area contributed by atoms with Gasteiger partial charge in [0.25, 0.3) is 5.91 Å². The minimum Gasteiger partial charge on any atom is -0.348 e. The van der Waals surface area contributed by atoms with Crippen molar-refractivity contribution in [2.45, 2.75) is 32.9 Å². The number of hydrogen-bond donors (Lipinski definition) is 1. The molecule has 128 valence electrons. The second-order valence-electron chi connectivity index (χ2n) is 6.23. The van der Waals surface area contributed by atoms with Gasteiger partial charge >= 0.3 is 0 Å². The zero-order valence-electron chi connectivity index (χ0n) is 14.4. The molecule has 25 heavy (non-hydrogen) atoms. The van der Waals surface area contributed by atoms with Crippen LogP contribution in [0.2, 0.25) is 0 Å². The van der Waals surface area contributed by atoms with Crippen LogP contribution in [0.3, 0.4) is 0 Å². The van der Waals surface area contributed by atoms with E-state index in [0.29, 0.717) is 18.5 Å². The lowest BCUT2D eigenvalue weighted by Gasteiger charge is -2.04. The van der Waals surface area contributed by atoms with Gasteiger partial charge in [0.05, 0.1) is 5.56 Å². The van der Waals surface area contributed by atoms with E-state index in [9.17, 15) is 9.59 Å². The van der Waals surface area contributed by atoms with Gasteiger partial charge in [-0.3, -0.25) is 4.79 Å². The van der Waals surface area contributed by atoms with Gasteiger partial charge in [0.15, 0.2) is 0 Å². The Bertz CT molecular complexity index is 881. The lowest BCUT2D eigenvalue weighted by molar-refractivity contribution is -0.117. The number of rotatable bonds is 7. The largest absolute Gasteiger partial charge is 0.348 e. The molecule has 0 fully saturated rings. The molecule has 0 aliphatic heterocycles. The molecule has 0 saturated heterocycles. The van der Waals surface area contributed by atoms with E-state index in [-0.39, 0.29) is 11.7 Å².